The summed E-state index contributed by atoms with van der Waals surface area (Å²) < 4.78 is 5.22. The Labute approximate surface area is 62.3 Å². The Bertz CT molecular complexity index is 174. The van der Waals surface area contributed by atoms with E-state index in [0.717, 1.165) is 14.1 Å². The van der Waals surface area contributed by atoms with Crippen LogP contribution in [0.5, 0.6) is 0 Å². The lowest BCUT2D eigenvalue weighted by atomic mass is 9.88. The van der Waals surface area contributed by atoms with Gasteiger partial charge in [0, 0.05) is 6.61 Å². The highest BCUT2D eigenvalue weighted by Gasteiger charge is 1.91. The predicted molar refractivity (Wildman–Crippen MR) is 44.9 cm³/mol. The highest BCUT2D eigenvalue weighted by molar-refractivity contribution is 6.46. The van der Waals surface area contributed by atoms with Gasteiger partial charge in [-0.3, -0.25) is 0 Å². The number of benzene rings is 1. The number of hydrogen-bond acceptors (Lipinski definition) is 1. The predicted octanol–water partition coefficient (Wildman–Crippen LogP) is 0.700. The van der Waals surface area contributed by atoms with Crippen LogP contribution in [0, 0.1) is 0 Å². The first-order valence-electron chi connectivity index (χ1n) is 3.55. The Morgan fingerprint density at radius 3 is 2.60 bits per heavy atom. The highest BCUT2D eigenvalue weighted by atomic mass is 16.4. The second-order valence-electron chi connectivity index (χ2n) is 2.12. The monoisotopic (exact) mass is 134 g/mol. The lowest BCUT2D eigenvalue weighted by Gasteiger charge is -1.96. The van der Waals surface area contributed by atoms with E-state index in [9.17, 15) is 0 Å². The van der Waals surface area contributed by atoms with E-state index in [0.29, 0.717) is 0 Å². The van der Waals surface area contributed by atoms with Crippen LogP contribution in [0.25, 0.3) is 0 Å². The molecule has 0 aliphatic rings. The maximum absolute atomic E-state index is 5.22. The summed E-state index contributed by atoms with van der Waals surface area (Å²) in [6, 6.07) is 10.2. The lowest BCUT2D eigenvalue weighted by Crippen LogP contribution is -2.16. The molecule has 0 aliphatic heterocycles. The van der Waals surface area contributed by atoms with Crippen LogP contribution in [0.4, 0.5) is 0 Å². The standard InChI is InChI=1S/C8H11BO/c1-2-10-9-8-6-4-3-5-7-8/h3-7,9H,2H2,1H3. The molecule has 0 aliphatic carbocycles. The second kappa shape index (κ2) is 4.12. The van der Waals surface area contributed by atoms with Crippen LogP contribution in [-0.2, 0) is 4.65 Å². The average molecular weight is 134 g/mol. The molecule has 0 bridgehead atoms. The molecule has 0 saturated carbocycles. The fourth-order valence-electron chi connectivity index (χ4n) is 0.794. The fraction of sp³-hybridized carbons (Fsp3) is 0.250. The maximum Gasteiger partial charge on any atom is 0.308 e. The van der Waals surface area contributed by atoms with Crippen LogP contribution in [0.1, 0.15) is 6.92 Å². The Balaban J connectivity index is 2.43. The van der Waals surface area contributed by atoms with Crippen molar-refractivity contribution in [2.75, 3.05) is 6.61 Å². The average Bonchev–Trinajstić information content (AvgIpc) is 2.03. The normalized spacial score (nSPS) is 9.30. The van der Waals surface area contributed by atoms with Crippen molar-refractivity contribution >= 4 is 12.9 Å². The van der Waals surface area contributed by atoms with E-state index >= 15 is 0 Å². The smallest absolute Gasteiger partial charge is 0.308 e. The van der Waals surface area contributed by atoms with Gasteiger partial charge in [0.25, 0.3) is 0 Å². The van der Waals surface area contributed by atoms with Crippen molar-refractivity contribution in [3.63, 3.8) is 0 Å². The third kappa shape index (κ3) is 2.23. The van der Waals surface area contributed by atoms with Crippen molar-refractivity contribution in [1.82, 2.24) is 0 Å². The SMILES string of the molecule is CCOBc1ccccc1. The maximum atomic E-state index is 5.22. The van der Waals surface area contributed by atoms with E-state index in [1.807, 2.05) is 25.1 Å². The molecular weight excluding hydrogens is 123 g/mol. The van der Waals surface area contributed by atoms with E-state index in [1.165, 1.54) is 5.46 Å². The molecule has 0 unspecified atom stereocenters. The van der Waals surface area contributed by atoms with Crippen molar-refractivity contribution in [3.8, 4) is 0 Å². The molecule has 0 radical (unpaired) electrons. The van der Waals surface area contributed by atoms with Crippen LogP contribution in [0.3, 0.4) is 0 Å². The summed E-state index contributed by atoms with van der Waals surface area (Å²) >= 11 is 0. The largest absolute Gasteiger partial charge is 0.435 e. The van der Waals surface area contributed by atoms with Gasteiger partial charge in [-0.2, -0.15) is 0 Å². The zero-order valence-corrected chi connectivity index (χ0v) is 6.21. The van der Waals surface area contributed by atoms with Gasteiger partial charge in [0.1, 0.15) is 0 Å². The van der Waals surface area contributed by atoms with Gasteiger partial charge in [0.2, 0.25) is 0 Å². The van der Waals surface area contributed by atoms with E-state index in [4.69, 9.17) is 4.65 Å². The van der Waals surface area contributed by atoms with Crippen molar-refractivity contribution in [2.24, 2.45) is 0 Å². The van der Waals surface area contributed by atoms with Gasteiger partial charge in [-0.1, -0.05) is 35.8 Å². The minimum atomic E-state index is 0.733. The molecule has 10 heavy (non-hydrogen) atoms. The Kier molecular flexibility index (Phi) is 3.03. The molecule has 1 aromatic rings. The topological polar surface area (TPSA) is 9.23 Å². The highest BCUT2D eigenvalue weighted by Crippen LogP contribution is 1.81. The molecule has 2 heteroatoms. The molecule has 0 heterocycles. The molecule has 1 rings (SSSR count). The van der Waals surface area contributed by atoms with E-state index in [1.54, 1.807) is 0 Å². The first kappa shape index (κ1) is 7.35. The van der Waals surface area contributed by atoms with Crippen LogP contribution in [-0.4, -0.2) is 14.1 Å². The summed E-state index contributed by atoms with van der Waals surface area (Å²) in [6.45, 7) is 2.79. The molecule has 0 amide bonds. The van der Waals surface area contributed by atoms with Gasteiger partial charge < -0.3 is 4.65 Å². The molecule has 1 aromatic carbocycles. The van der Waals surface area contributed by atoms with E-state index in [2.05, 4.69) is 12.1 Å². The first-order valence-corrected chi connectivity index (χ1v) is 3.55. The summed E-state index contributed by atoms with van der Waals surface area (Å²) in [5.74, 6) is 0. The van der Waals surface area contributed by atoms with Crippen LogP contribution >= 0.6 is 0 Å². The molecule has 1 nitrogen and oxygen atoms in total. The number of hydrogen-bond donors (Lipinski definition) is 0. The molecule has 52 valence electrons. The third-order valence-corrected chi connectivity index (χ3v) is 1.32. The molecule has 0 N–H and O–H groups in total. The number of rotatable bonds is 3. The fourth-order valence-corrected chi connectivity index (χ4v) is 0.794. The van der Waals surface area contributed by atoms with Crippen molar-refractivity contribution in [3.05, 3.63) is 30.3 Å². The van der Waals surface area contributed by atoms with Gasteiger partial charge in [-0.25, -0.2) is 0 Å². The molecule has 0 fully saturated rings. The Morgan fingerprint density at radius 1 is 1.30 bits per heavy atom. The van der Waals surface area contributed by atoms with Gasteiger partial charge in [-0.05, 0) is 6.92 Å². The van der Waals surface area contributed by atoms with E-state index < -0.39 is 0 Å². The van der Waals surface area contributed by atoms with Gasteiger partial charge in [-0.15, -0.1) is 0 Å². The van der Waals surface area contributed by atoms with Gasteiger partial charge >= 0.3 is 7.48 Å². The van der Waals surface area contributed by atoms with Crippen molar-refractivity contribution < 1.29 is 4.65 Å². The summed E-state index contributed by atoms with van der Waals surface area (Å²) in [5, 5.41) is 0. The first-order chi connectivity index (χ1) is 4.93. The second-order valence-corrected chi connectivity index (χ2v) is 2.12. The summed E-state index contributed by atoms with van der Waals surface area (Å²) in [7, 11) is 0.733. The lowest BCUT2D eigenvalue weighted by molar-refractivity contribution is 0.367. The van der Waals surface area contributed by atoms with E-state index in [-0.39, 0.29) is 0 Å². The minimum absolute atomic E-state index is 0.733. The quantitative estimate of drug-likeness (QED) is 0.553. The summed E-state index contributed by atoms with van der Waals surface area (Å²) in [4.78, 5) is 0. The van der Waals surface area contributed by atoms with Gasteiger partial charge in [0.15, 0.2) is 0 Å². The molecular formula is C8H11BO. The Morgan fingerprint density at radius 2 is 2.00 bits per heavy atom. The molecule has 0 spiro atoms. The Hall–Kier alpha value is -0.755. The van der Waals surface area contributed by atoms with Crippen LogP contribution < -0.4 is 5.46 Å². The summed E-state index contributed by atoms with van der Waals surface area (Å²) in [5.41, 5.74) is 1.24. The summed E-state index contributed by atoms with van der Waals surface area (Å²) in [6.07, 6.45) is 0. The van der Waals surface area contributed by atoms with Crippen molar-refractivity contribution in [2.45, 2.75) is 6.92 Å². The zero-order valence-electron chi connectivity index (χ0n) is 6.21. The zero-order chi connectivity index (χ0) is 7.23. The minimum Gasteiger partial charge on any atom is -0.435 e. The van der Waals surface area contributed by atoms with Crippen LogP contribution in [0.15, 0.2) is 30.3 Å². The molecule has 0 saturated heterocycles. The third-order valence-electron chi connectivity index (χ3n) is 1.32. The van der Waals surface area contributed by atoms with Gasteiger partial charge in [0.05, 0.1) is 0 Å². The molecule has 0 atom stereocenters. The molecule has 0 aromatic heterocycles. The van der Waals surface area contributed by atoms with Crippen LogP contribution in [0.2, 0.25) is 0 Å². The van der Waals surface area contributed by atoms with Crippen molar-refractivity contribution in [1.29, 1.82) is 0 Å².